The van der Waals surface area contributed by atoms with E-state index in [9.17, 15) is 0 Å². The fourth-order valence-corrected chi connectivity index (χ4v) is 1.79. The van der Waals surface area contributed by atoms with E-state index in [1.165, 1.54) is 0 Å². The highest BCUT2D eigenvalue weighted by molar-refractivity contribution is 6.28. The lowest BCUT2D eigenvalue weighted by Gasteiger charge is -2.06. The Morgan fingerprint density at radius 3 is 2.94 bits per heavy atom. The van der Waals surface area contributed by atoms with Crippen LogP contribution in [0.3, 0.4) is 0 Å². The van der Waals surface area contributed by atoms with Crippen LogP contribution in [0.2, 0.25) is 5.28 Å². The molecule has 2 heterocycles. The quantitative estimate of drug-likeness (QED) is 0.832. The van der Waals surface area contributed by atoms with Crippen molar-refractivity contribution in [2.24, 2.45) is 0 Å². The number of nitrogens with zero attached hydrogens (tertiary/aromatic N) is 4. The lowest BCUT2D eigenvalue weighted by atomic mass is 10.3. The summed E-state index contributed by atoms with van der Waals surface area (Å²) < 4.78 is 2.06. The summed E-state index contributed by atoms with van der Waals surface area (Å²) >= 11 is 5.80. The SMILES string of the molecule is CCCCn1cnc2nc(Cl)nc(NC)c21. The molecule has 0 aliphatic carbocycles. The van der Waals surface area contributed by atoms with Crippen LogP contribution in [0, 0.1) is 0 Å². The summed E-state index contributed by atoms with van der Waals surface area (Å²) in [7, 11) is 1.81. The number of anilines is 1. The van der Waals surface area contributed by atoms with Gasteiger partial charge in [-0.3, -0.25) is 0 Å². The molecule has 0 atom stereocenters. The smallest absolute Gasteiger partial charge is 0.226 e. The molecule has 0 fully saturated rings. The maximum atomic E-state index is 5.80. The summed E-state index contributed by atoms with van der Waals surface area (Å²) in [5.41, 5.74) is 1.56. The van der Waals surface area contributed by atoms with Crippen LogP contribution in [0.4, 0.5) is 5.82 Å². The predicted octanol–water partition coefficient (Wildman–Crippen LogP) is 2.32. The zero-order chi connectivity index (χ0) is 11.5. The first-order chi connectivity index (χ1) is 7.76. The number of halogens is 1. The molecule has 2 aromatic rings. The molecule has 0 spiro atoms. The molecule has 2 aromatic heterocycles. The Balaban J connectivity index is 2.51. The number of unbranched alkanes of at least 4 members (excludes halogenated alkanes) is 1. The number of fused-ring (bicyclic) bond motifs is 1. The highest BCUT2D eigenvalue weighted by atomic mass is 35.5. The standard InChI is InChI=1S/C10H14ClN5/c1-3-4-5-16-6-13-9-7(16)8(12-2)14-10(11)15-9/h6H,3-5H2,1-2H3,(H,12,14,15). The third-order valence-corrected chi connectivity index (χ3v) is 2.60. The molecule has 0 aliphatic heterocycles. The Hall–Kier alpha value is -1.36. The number of rotatable bonds is 4. The van der Waals surface area contributed by atoms with Gasteiger partial charge in [-0.15, -0.1) is 0 Å². The summed E-state index contributed by atoms with van der Waals surface area (Å²) in [4.78, 5) is 12.5. The molecule has 0 saturated heterocycles. The Bertz CT molecular complexity index is 493. The zero-order valence-electron chi connectivity index (χ0n) is 9.37. The molecule has 0 unspecified atom stereocenters. The Kier molecular flexibility index (Phi) is 3.24. The van der Waals surface area contributed by atoms with Gasteiger partial charge in [0.15, 0.2) is 11.5 Å². The van der Waals surface area contributed by atoms with Gasteiger partial charge >= 0.3 is 0 Å². The molecule has 5 nitrogen and oxygen atoms in total. The van der Waals surface area contributed by atoms with Crippen LogP contribution in [-0.4, -0.2) is 26.6 Å². The van der Waals surface area contributed by atoms with E-state index in [0.29, 0.717) is 5.65 Å². The number of hydrogen-bond donors (Lipinski definition) is 1. The summed E-state index contributed by atoms with van der Waals surface area (Å²) in [6, 6.07) is 0. The van der Waals surface area contributed by atoms with Crippen molar-refractivity contribution in [1.29, 1.82) is 0 Å². The first kappa shape index (κ1) is 11.1. The molecule has 0 bridgehead atoms. The Labute approximate surface area is 98.9 Å². The van der Waals surface area contributed by atoms with E-state index < -0.39 is 0 Å². The van der Waals surface area contributed by atoms with E-state index in [0.717, 1.165) is 30.7 Å². The van der Waals surface area contributed by atoms with E-state index in [4.69, 9.17) is 11.6 Å². The number of aryl methyl sites for hydroxylation is 1. The van der Waals surface area contributed by atoms with Crippen molar-refractivity contribution < 1.29 is 0 Å². The number of hydrogen-bond acceptors (Lipinski definition) is 4. The van der Waals surface area contributed by atoms with Crippen LogP contribution < -0.4 is 5.32 Å². The zero-order valence-corrected chi connectivity index (χ0v) is 10.1. The van der Waals surface area contributed by atoms with Crippen molar-refractivity contribution in [3.8, 4) is 0 Å². The van der Waals surface area contributed by atoms with Crippen LogP contribution in [0.1, 0.15) is 19.8 Å². The van der Waals surface area contributed by atoms with Crippen LogP contribution in [-0.2, 0) is 6.54 Å². The van der Waals surface area contributed by atoms with Crippen LogP contribution in [0.15, 0.2) is 6.33 Å². The van der Waals surface area contributed by atoms with Crippen molar-refractivity contribution >= 4 is 28.6 Å². The maximum absolute atomic E-state index is 5.80. The predicted molar refractivity (Wildman–Crippen MR) is 64.8 cm³/mol. The van der Waals surface area contributed by atoms with Crippen molar-refractivity contribution in [1.82, 2.24) is 19.5 Å². The average Bonchev–Trinajstić information content (AvgIpc) is 2.68. The molecule has 0 aliphatic rings. The third-order valence-electron chi connectivity index (χ3n) is 2.43. The molecule has 86 valence electrons. The second-order valence-electron chi connectivity index (χ2n) is 3.55. The second-order valence-corrected chi connectivity index (χ2v) is 3.89. The molecule has 0 saturated carbocycles. The van der Waals surface area contributed by atoms with Crippen LogP contribution >= 0.6 is 11.6 Å². The molecular formula is C10H14ClN5. The van der Waals surface area contributed by atoms with Gasteiger partial charge in [-0.25, -0.2) is 4.98 Å². The number of nitrogens with one attached hydrogen (secondary N) is 1. The van der Waals surface area contributed by atoms with Gasteiger partial charge in [0.25, 0.3) is 0 Å². The van der Waals surface area contributed by atoms with Crippen molar-refractivity contribution in [3.05, 3.63) is 11.6 Å². The fourth-order valence-electron chi connectivity index (χ4n) is 1.63. The van der Waals surface area contributed by atoms with Gasteiger partial charge in [-0.2, -0.15) is 9.97 Å². The van der Waals surface area contributed by atoms with Gasteiger partial charge in [-0.1, -0.05) is 13.3 Å². The van der Waals surface area contributed by atoms with Gasteiger partial charge < -0.3 is 9.88 Å². The van der Waals surface area contributed by atoms with E-state index in [1.807, 2.05) is 7.05 Å². The Morgan fingerprint density at radius 2 is 2.25 bits per heavy atom. The summed E-state index contributed by atoms with van der Waals surface area (Å²) in [6.45, 7) is 3.08. The minimum absolute atomic E-state index is 0.220. The van der Waals surface area contributed by atoms with E-state index in [-0.39, 0.29) is 5.28 Å². The molecule has 2 rings (SSSR count). The molecule has 0 aromatic carbocycles. The minimum Gasteiger partial charge on any atom is -0.371 e. The van der Waals surface area contributed by atoms with Gasteiger partial charge in [0, 0.05) is 13.6 Å². The van der Waals surface area contributed by atoms with Crippen molar-refractivity contribution in [2.45, 2.75) is 26.3 Å². The molecule has 16 heavy (non-hydrogen) atoms. The summed E-state index contributed by atoms with van der Waals surface area (Å²) in [6.07, 6.45) is 4.03. The highest BCUT2D eigenvalue weighted by Crippen LogP contribution is 2.21. The van der Waals surface area contributed by atoms with Gasteiger partial charge in [-0.05, 0) is 18.0 Å². The first-order valence-corrected chi connectivity index (χ1v) is 5.70. The lowest BCUT2D eigenvalue weighted by molar-refractivity contribution is 0.645. The van der Waals surface area contributed by atoms with Crippen LogP contribution in [0.5, 0.6) is 0 Å². The maximum Gasteiger partial charge on any atom is 0.226 e. The van der Waals surface area contributed by atoms with Gasteiger partial charge in [0.05, 0.1) is 6.33 Å². The fraction of sp³-hybridized carbons (Fsp3) is 0.500. The normalized spacial score (nSPS) is 10.9. The molecule has 0 radical (unpaired) electrons. The molecule has 1 N–H and O–H groups in total. The van der Waals surface area contributed by atoms with Crippen molar-refractivity contribution in [2.75, 3.05) is 12.4 Å². The molecule has 0 amide bonds. The minimum atomic E-state index is 0.220. The molecular weight excluding hydrogens is 226 g/mol. The van der Waals surface area contributed by atoms with Crippen LogP contribution in [0.25, 0.3) is 11.2 Å². The largest absolute Gasteiger partial charge is 0.371 e. The second kappa shape index (κ2) is 4.65. The average molecular weight is 240 g/mol. The first-order valence-electron chi connectivity index (χ1n) is 5.32. The lowest BCUT2D eigenvalue weighted by Crippen LogP contribution is -2.02. The number of imidazole rings is 1. The highest BCUT2D eigenvalue weighted by Gasteiger charge is 2.11. The van der Waals surface area contributed by atoms with E-state index >= 15 is 0 Å². The van der Waals surface area contributed by atoms with Gasteiger partial charge in [0.1, 0.15) is 5.52 Å². The summed E-state index contributed by atoms with van der Waals surface area (Å²) in [5.74, 6) is 0.726. The number of aromatic nitrogens is 4. The third kappa shape index (κ3) is 1.95. The van der Waals surface area contributed by atoms with Gasteiger partial charge in [0.2, 0.25) is 5.28 Å². The molecule has 6 heteroatoms. The topological polar surface area (TPSA) is 55.6 Å². The van der Waals surface area contributed by atoms with E-state index in [1.54, 1.807) is 6.33 Å². The monoisotopic (exact) mass is 239 g/mol. The summed E-state index contributed by atoms with van der Waals surface area (Å²) in [5, 5.41) is 3.24. The van der Waals surface area contributed by atoms with Crippen molar-refractivity contribution in [3.63, 3.8) is 0 Å². The Morgan fingerprint density at radius 1 is 1.44 bits per heavy atom. The van der Waals surface area contributed by atoms with E-state index in [2.05, 4.69) is 31.8 Å².